The van der Waals surface area contributed by atoms with Crippen molar-refractivity contribution in [2.75, 3.05) is 6.61 Å². The van der Waals surface area contributed by atoms with Gasteiger partial charge in [-0.2, -0.15) is 0 Å². The van der Waals surface area contributed by atoms with Crippen molar-refractivity contribution in [3.63, 3.8) is 0 Å². The van der Waals surface area contributed by atoms with Crippen LogP contribution in [-0.2, 0) is 16.1 Å². The summed E-state index contributed by atoms with van der Waals surface area (Å²) < 4.78 is 10.2. The molecule has 0 saturated carbocycles. The van der Waals surface area contributed by atoms with E-state index in [-0.39, 0.29) is 19.1 Å². The van der Waals surface area contributed by atoms with Crippen LogP contribution in [0.5, 0.6) is 0 Å². The molecule has 0 spiro atoms. The van der Waals surface area contributed by atoms with Gasteiger partial charge in [-0.15, -0.1) is 10.2 Å². The van der Waals surface area contributed by atoms with E-state index in [1.165, 1.54) is 0 Å². The lowest BCUT2D eigenvalue weighted by Crippen LogP contribution is -2.06. The van der Waals surface area contributed by atoms with Crippen LogP contribution in [0.25, 0.3) is 0 Å². The molecular formula is C10H16N2O4. The lowest BCUT2D eigenvalue weighted by atomic mass is 9.98. The van der Waals surface area contributed by atoms with Gasteiger partial charge in [0.15, 0.2) is 0 Å². The van der Waals surface area contributed by atoms with Crippen LogP contribution < -0.4 is 0 Å². The lowest BCUT2D eigenvalue weighted by molar-refractivity contribution is -0.142. The molecule has 0 radical (unpaired) electrons. The summed E-state index contributed by atoms with van der Waals surface area (Å²) in [7, 11) is 0. The topological polar surface area (TPSA) is 85.5 Å². The molecule has 0 aliphatic rings. The van der Waals surface area contributed by atoms with E-state index >= 15 is 0 Å². The summed E-state index contributed by atoms with van der Waals surface area (Å²) in [6, 6.07) is 0. The summed E-state index contributed by atoms with van der Waals surface area (Å²) >= 11 is 0. The first kappa shape index (κ1) is 12.6. The highest BCUT2D eigenvalue weighted by atomic mass is 16.5. The highest BCUT2D eigenvalue weighted by molar-refractivity contribution is 5.67. The molecule has 1 N–H and O–H groups in total. The van der Waals surface area contributed by atoms with Crippen molar-refractivity contribution in [2.45, 2.75) is 33.3 Å². The second kappa shape index (κ2) is 5.60. The third-order valence-corrected chi connectivity index (χ3v) is 2.32. The highest BCUT2D eigenvalue weighted by Crippen LogP contribution is 2.22. The van der Waals surface area contributed by atoms with Crippen LogP contribution in [0.15, 0.2) is 4.42 Å². The first-order valence-corrected chi connectivity index (χ1v) is 5.12. The van der Waals surface area contributed by atoms with Gasteiger partial charge < -0.3 is 14.3 Å². The molecule has 0 amide bonds. The highest BCUT2D eigenvalue weighted by Gasteiger charge is 2.17. The summed E-state index contributed by atoms with van der Waals surface area (Å²) in [6.45, 7) is 5.80. The van der Waals surface area contributed by atoms with E-state index < -0.39 is 5.97 Å². The van der Waals surface area contributed by atoms with Gasteiger partial charge in [-0.25, -0.2) is 4.79 Å². The van der Waals surface area contributed by atoms with Crippen LogP contribution in [0.2, 0.25) is 0 Å². The lowest BCUT2D eigenvalue weighted by Gasteiger charge is -2.09. The summed E-state index contributed by atoms with van der Waals surface area (Å²) in [5.41, 5.74) is 0. The number of aliphatic carboxylic acids is 1. The van der Waals surface area contributed by atoms with Crippen molar-refractivity contribution >= 4 is 5.97 Å². The van der Waals surface area contributed by atoms with E-state index in [2.05, 4.69) is 24.0 Å². The standard InChI is InChI=1S/C10H16N2O4/c1-6(2)7(3)10-12-11-8(16-10)4-15-5-9(13)14/h6-7H,4-5H2,1-3H3,(H,13,14). The predicted molar refractivity (Wildman–Crippen MR) is 54.8 cm³/mol. The molecule has 0 aliphatic carbocycles. The van der Waals surface area contributed by atoms with Crippen molar-refractivity contribution in [3.8, 4) is 0 Å². The fourth-order valence-corrected chi connectivity index (χ4v) is 1.02. The van der Waals surface area contributed by atoms with Crippen LogP contribution in [0.4, 0.5) is 0 Å². The van der Waals surface area contributed by atoms with Gasteiger partial charge in [-0.3, -0.25) is 0 Å². The Labute approximate surface area is 93.6 Å². The number of carbonyl (C=O) groups is 1. The van der Waals surface area contributed by atoms with E-state index in [1.807, 2.05) is 6.92 Å². The van der Waals surface area contributed by atoms with Gasteiger partial charge in [0.1, 0.15) is 13.2 Å². The number of carboxylic acid groups (broad SMARTS) is 1. The Hall–Kier alpha value is -1.43. The average Bonchev–Trinajstić information content (AvgIpc) is 2.64. The molecule has 0 fully saturated rings. The Morgan fingerprint density at radius 1 is 1.44 bits per heavy atom. The van der Waals surface area contributed by atoms with Crippen LogP contribution in [0.1, 0.15) is 38.5 Å². The molecule has 1 heterocycles. The van der Waals surface area contributed by atoms with Crippen molar-refractivity contribution in [3.05, 3.63) is 11.8 Å². The molecule has 0 saturated heterocycles. The maximum atomic E-state index is 10.2. The zero-order valence-electron chi connectivity index (χ0n) is 9.64. The van der Waals surface area contributed by atoms with Crippen molar-refractivity contribution < 1.29 is 19.1 Å². The second-order valence-corrected chi connectivity index (χ2v) is 3.95. The molecule has 0 bridgehead atoms. The van der Waals surface area contributed by atoms with Crippen molar-refractivity contribution in [1.29, 1.82) is 0 Å². The van der Waals surface area contributed by atoms with Crippen molar-refractivity contribution in [2.24, 2.45) is 5.92 Å². The summed E-state index contributed by atoms with van der Waals surface area (Å²) in [4.78, 5) is 10.2. The third-order valence-electron chi connectivity index (χ3n) is 2.32. The van der Waals surface area contributed by atoms with E-state index in [0.717, 1.165) is 0 Å². The van der Waals surface area contributed by atoms with Crippen LogP contribution in [0, 0.1) is 5.92 Å². The Morgan fingerprint density at radius 2 is 2.12 bits per heavy atom. The fourth-order valence-electron chi connectivity index (χ4n) is 1.02. The van der Waals surface area contributed by atoms with Gasteiger partial charge in [0, 0.05) is 5.92 Å². The molecule has 1 rings (SSSR count). The van der Waals surface area contributed by atoms with Crippen molar-refractivity contribution in [1.82, 2.24) is 10.2 Å². The Bertz CT molecular complexity index is 348. The first-order valence-electron chi connectivity index (χ1n) is 5.12. The number of aromatic nitrogens is 2. The van der Waals surface area contributed by atoms with Crippen LogP contribution >= 0.6 is 0 Å². The smallest absolute Gasteiger partial charge is 0.329 e. The largest absolute Gasteiger partial charge is 0.480 e. The molecule has 6 nitrogen and oxygen atoms in total. The number of ether oxygens (including phenoxy) is 1. The maximum Gasteiger partial charge on any atom is 0.329 e. The number of nitrogens with zero attached hydrogens (tertiary/aromatic N) is 2. The molecular weight excluding hydrogens is 212 g/mol. The fraction of sp³-hybridized carbons (Fsp3) is 0.700. The number of hydrogen-bond acceptors (Lipinski definition) is 5. The average molecular weight is 228 g/mol. The third kappa shape index (κ3) is 3.62. The zero-order valence-corrected chi connectivity index (χ0v) is 9.64. The Balaban J connectivity index is 2.48. The minimum atomic E-state index is -1.02. The van der Waals surface area contributed by atoms with E-state index in [4.69, 9.17) is 14.3 Å². The van der Waals surface area contributed by atoms with Crippen LogP contribution in [0.3, 0.4) is 0 Å². The van der Waals surface area contributed by atoms with E-state index in [1.54, 1.807) is 0 Å². The monoisotopic (exact) mass is 228 g/mol. The maximum absolute atomic E-state index is 10.2. The summed E-state index contributed by atoms with van der Waals surface area (Å²) in [6.07, 6.45) is 0. The minimum absolute atomic E-state index is 0.0319. The summed E-state index contributed by atoms with van der Waals surface area (Å²) in [5, 5.41) is 16.0. The van der Waals surface area contributed by atoms with Gasteiger partial charge in [-0.1, -0.05) is 20.8 Å². The van der Waals surface area contributed by atoms with Gasteiger partial charge in [0.2, 0.25) is 11.8 Å². The molecule has 0 aliphatic heterocycles. The second-order valence-electron chi connectivity index (χ2n) is 3.95. The molecule has 1 atom stereocenters. The predicted octanol–water partition coefficient (Wildman–Crippen LogP) is 1.43. The van der Waals surface area contributed by atoms with Crippen LogP contribution in [-0.4, -0.2) is 27.9 Å². The van der Waals surface area contributed by atoms with E-state index in [0.29, 0.717) is 17.7 Å². The summed E-state index contributed by atoms with van der Waals surface area (Å²) in [5.74, 6) is 0.442. The SMILES string of the molecule is CC(C)C(C)c1nnc(COCC(=O)O)o1. The number of hydrogen-bond donors (Lipinski definition) is 1. The van der Waals surface area contributed by atoms with Gasteiger partial charge in [0.25, 0.3) is 0 Å². The molecule has 1 unspecified atom stereocenters. The zero-order chi connectivity index (χ0) is 12.1. The molecule has 90 valence electrons. The molecule has 1 aromatic rings. The quantitative estimate of drug-likeness (QED) is 0.792. The Kier molecular flexibility index (Phi) is 4.42. The van der Waals surface area contributed by atoms with Gasteiger partial charge in [0.05, 0.1) is 0 Å². The minimum Gasteiger partial charge on any atom is -0.480 e. The Morgan fingerprint density at radius 3 is 2.69 bits per heavy atom. The molecule has 1 aromatic heterocycles. The number of rotatable bonds is 6. The molecule has 0 aromatic carbocycles. The molecule has 6 heteroatoms. The van der Waals surface area contributed by atoms with Gasteiger partial charge in [-0.05, 0) is 5.92 Å². The van der Waals surface area contributed by atoms with E-state index in [9.17, 15) is 4.79 Å². The first-order chi connectivity index (χ1) is 7.50. The number of carboxylic acids is 1. The normalized spacial score (nSPS) is 13.0. The van der Waals surface area contributed by atoms with Gasteiger partial charge >= 0.3 is 5.97 Å². The molecule has 16 heavy (non-hydrogen) atoms.